The smallest absolute Gasteiger partial charge is 0.156 e. The van der Waals surface area contributed by atoms with Crippen LogP contribution in [0.5, 0.6) is 0 Å². The van der Waals surface area contributed by atoms with Crippen molar-refractivity contribution in [1.82, 2.24) is 10.1 Å². The van der Waals surface area contributed by atoms with Gasteiger partial charge >= 0.3 is 0 Å². The van der Waals surface area contributed by atoms with Crippen LogP contribution in [0.1, 0.15) is 36.6 Å². The summed E-state index contributed by atoms with van der Waals surface area (Å²) < 4.78 is 5.45. The van der Waals surface area contributed by atoms with Gasteiger partial charge < -0.3 is 31.5 Å². The zero-order valence-electron chi connectivity index (χ0n) is 15.6. The van der Waals surface area contributed by atoms with Gasteiger partial charge in [0.15, 0.2) is 5.84 Å². The normalized spacial score (nSPS) is 13.1. The van der Waals surface area contributed by atoms with Crippen LogP contribution in [0, 0.1) is 5.41 Å². The summed E-state index contributed by atoms with van der Waals surface area (Å²) in [6.07, 6.45) is 2.46. The molecule has 0 aliphatic rings. The number of hydrogen-bond acceptors (Lipinski definition) is 7. The van der Waals surface area contributed by atoms with E-state index >= 15 is 0 Å². The van der Waals surface area contributed by atoms with Crippen molar-refractivity contribution in [3.63, 3.8) is 0 Å². The number of ether oxygens (including phenoxy) is 1. The summed E-state index contributed by atoms with van der Waals surface area (Å²) in [6, 6.07) is 9.29. The number of hydrogen-bond donors (Lipinski definition) is 5. The molecule has 0 bridgehead atoms. The summed E-state index contributed by atoms with van der Waals surface area (Å²) in [7, 11) is 0. The van der Waals surface area contributed by atoms with Crippen molar-refractivity contribution in [2.75, 3.05) is 11.9 Å². The number of rotatable bonds is 9. The number of aromatic nitrogens is 1. The molecule has 1 aromatic carbocycles. The first-order chi connectivity index (χ1) is 13.5. The molecule has 0 fully saturated rings. The Balaban J connectivity index is 2.21. The van der Waals surface area contributed by atoms with E-state index in [1.54, 1.807) is 12.3 Å². The van der Waals surface area contributed by atoms with Crippen LogP contribution in [-0.2, 0) is 4.74 Å². The molecule has 0 aliphatic heterocycles. The number of pyridine rings is 1. The Bertz CT molecular complexity index is 833. The van der Waals surface area contributed by atoms with E-state index in [2.05, 4.69) is 42.5 Å². The van der Waals surface area contributed by atoms with E-state index in [0.717, 1.165) is 11.3 Å². The fourth-order valence-electron chi connectivity index (χ4n) is 2.38. The molecule has 0 spiro atoms. The van der Waals surface area contributed by atoms with E-state index in [-0.39, 0.29) is 12.7 Å². The first-order valence-corrected chi connectivity index (χ1v) is 12.7. The van der Waals surface area contributed by atoms with E-state index in [9.17, 15) is 5.11 Å². The summed E-state index contributed by atoms with van der Waals surface area (Å²) in [4.78, 5) is 4.38. The minimum Gasteiger partial charge on any atom is -0.386 e. The van der Waals surface area contributed by atoms with Crippen molar-refractivity contribution in [3.8, 4) is 0 Å². The molecular weight excluding hydrogens is 490 g/mol. The largest absolute Gasteiger partial charge is 0.386 e. The SMILES string of the molecule is CC(C)OCC(O)c1cnc(Nc2cccc(/C(=N/N)NPI)c2)c(C=N)c1. The molecule has 0 saturated carbocycles. The minimum absolute atomic E-state index is 0.0298. The Morgan fingerprint density at radius 1 is 1.46 bits per heavy atom. The van der Waals surface area contributed by atoms with Crippen LogP contribution in [0.3, 0.4) is 0 Å². The maximum absolute atomic E-state index is 10.3. The highest BCUT2D eigenvalue weighted by Crippen LogP contribution is 2.23. The number of nitrogens with zero attached hydrogens (tertiary/aromatic N) is 2. The van der Waals surface area contributed by atoms with E-state index in [4.69, 9.17) is 16.0 Å². The quantitative estimate of drug-likeness (QED) is 0.0872. The number of hydrazone groups is 1. The van der Waals surface area contributed by atoms with Crippen LogP contribution in [0.15, 0.2) is 41.6 Å². The highest BCUT2D eigenvalue weighted by molar-refractivity contribution is 14.2. The first kappa shape index (κ1) is 22.5. The van der Waals surface area contributed by atoms with Gasteiger partial charge in [0.2, 0.25) is 0 Å². The fourth-order valence-corrected chi connectivity index (χ4v) is 3.44. The topological polar surface area (TPSA) is 129 Å². The first-order valence-electron chi connectivity index (χ1n) is 8.55. The Labute approximate surface area is 179 Å². The van der Waals surface area contributed by atoms with Crippen LogP contribution < -0.4 is 16.2 Å². The summed E-state index contributed by atoms with van der Waals surface area (Å²) in [6.45, 7) is 4.00. The third kappa shape index (κ3) is 6.37. The van der Waals surface area contributed by atoms with Crippen molar-refractivity contribution in [2.45, 2.75) is 26.1 Å². The van der Waals surface area contributed by atoms with Crippen LogP contribution >= 0.6 is 28.4 Å². The number of aliphatic hydroxyl groups is 1. The molecule has 2 atom stereocenters. The molecular formula is C18H24IN6O2P. The zero-order chi connectivity index (χ0) is 20.5. The van der Waals surface area contributed by atoms with Gasteiger partial charge in [0.05, 0.1) is 12.7 Å². The van der Waals surface area contributed by atoms with Gasteiger partial charge in [0.25, 0.3) is 0 Å². The average Bonchev–Trinajstić information content (AvgIpc) is 2.70. The second kappa shape index (κ2) is 11.3. The summed E-state index contributed by atoms with van der Waals surface area (Å²) in [5, 5.41) is 28.0. The van der Waals surface area contributed by atoms with Gasteiger partial charge in [-0.05, 0) is 54.1 Å². The van der Waals surface area contributed by atoms with Gasteiger partial charge in [-0.1, -0.05) is 12.1 Å². The maximum atomic E-state index is 10.3. The zero-order valence-corrected chi connectivity index (χ0v) is 18.8. The van der Waals surface area contributed by atoms with Crippen molar-refractivity contribution in [1.29, 1.82) is 5.41 Å². The number of aliphatic hydroxyl groups excluding tert-OH is 1. The lowest BCUT2D eigenvalue weighted by molar-refractivity contribution is 0.00481. The molecule has 10 heteroatoms. The monoisotopic (exact) mass is 514 g/mol. The molecule has 8 nitrogen and oxygen atoms in total. The predicted octanol–water partition coefficient (Wildman–Crippen LogP) is 3.43. The molecule has 0 amide bonds. The van der Waals surface area contributed by atoms with Crippen molar-refractivity contribution in [2.24, 2.45) is 10.9 Å². The Hall–Kier alpha value is -1.81. The second-order valence-electron chi connectivity index (χ2n) is 6.15. The molecule has 1 aromatic heterocycles. The standard InChI is InChI=1S/C18H24IN6O2P/c1-11(2)27-10-16(26)14-6-13(8-20)17(22-9-14)23-15-5-3-4-12(7-15)18(24-21)25-28-19/h3-9,11,16,20,26,28H,10,21H2,1-2H3,(H,22,23)(H,24,25). The van der Waals surface area contributed by atoms with Crippen LogP contribution in [-0.4, -0.2) is 34.9 Å². The molecule has 2 rings (SSSR count). The number of halogens is 1. The van der Waals surface area contributed by atoms with Gasteiger partial charge in [-0.3, -0.25) is 0 Å². The van der Waals surface area contributed by atoms with E-state index in [0.29, 0.717) is 29.2 Å². The van der Waals surface area contributed by atoms with E-state index in [1.807, 2.05) is 38.1 Å². The van der Waals surface area contributed by atoms with Crippen molar-refractivity contribution in [3.05, 3.63) is 53.2 Å². The third-order valence-electron chi connectivity index (χ3n) is 3.76. The van der Waals surface area contributed by atoms with Crippen LogP contribution in [0.4, 0.5) is 11.5 Å². The number of amidine groups is 1. The predicted molar refractivity (Wildman–Crippen MR) is 124 cm³/mol. The third-order valence-corrected chi connectivity index (χ3v) is 4.90. The van der Waals surface area contributed by atoms with Crippen molar-refractivity contribution < 1.29 is 9.84 Å². The molecule has 6 N–H and O–H groups in total. The molecule has 150 valence electrons. The Kier molecular flexibility index (Phi) is 9.04. The fraction of sp³-hybridized carbons (Fsp3) is 0.278. The number of nitrogens with two attached hydrogens (primary N) is 1. The molecule has 28 heavy (non-hydrogen) atoms. The van der Waals surface area contributed by atoms with E-state index in [1.165, 1.54) is 6.21 Å². The summed E-state index contributed by atoms with van der Waals surface area (Å²) >= 11 is 2.21. The molecule has 1 heterocycles. The summed E-state index contributed by atoms with van der Waals surface area (Å²) in [5.74, 6) is 6.57. The average molecular weight is 514 g/mol. The maximum Gasteiger partial charge on any atom is 0.156 e. The van der Waals surface area contributed by atoms with Gasteiger partial charge in [-0.2, -0.15) is 5.10 Å². The van der Waals surface area contributed by atoms with Gasteiger partial charge in [0, 0.05) is 41.2 Å². The van der Waals surface area contributed by atoms with Crippen molar-refractivity contribution >= 4 is 52.0 Å². The lowest BCUT2D eigenvalue weighted by Gasteiger charge is -2.16. The van der Waals surface area contributed by atoms with Gasteiger partial charge in [-0.25, -0.2) is 4.98 Å². The Morgan fingerprint density at radius 2 is 2.25 bits per heavy atom. The van der Waals surface area contributed by atoms with Gasteiger partial charge in [0.1, 0.15) is 11.9 Å². The Morgan fingerprint density at radius 3 is 2.89 bits per heavy atom. The minimum atomic E-state index is -0.797. The molecule has 0 radical (unpaired) electrons. The van der Waals surface area contributed by atoms with Crippen LogP contribution in [0.25, 0.3) is 0 Å². The number of anilines is 2. The molecule has 0 aliphatic carbocycles. The highest BCUT2D eigenvalue weighted by atomic mass is 127. The lowest BCUT2D eigenvalue weighted by Crippen LogP contribution is -2.17. The summed E-state index contributed by atoms with van der Waals surface area (Å²) in [5.41, 5.74) is 2.78. The number of nitrogens with one attached hydrogen (secondary N) is 3. The second-order valence-corrected chi connectivity index (χ2v) is 8.21. The number of benzene rings is 1. The van der Waals surface area contributed by atoms with E-state index < -0.39 is 6.10 Å². The molecule has 2 aromatic rings. The van der Waals surface area contributed by atoms with Gasteiger partial charge in [-0.15, -0.1) is 0 Å². The van der Waals surface area contributed by atoms with Crippen LogP contribution in [0.2, 0.25) is 0 Å². The highest BCUT2D eigenvalue weighted by Gasteiger charge is 2.13. The molecule has 0 saturated heterocycles. The lowest BCUT2D eigenvalue weighted by atomic mass is 10.1. The molecule has 2 unspecified atom stereocenters.